The minimum absolute atomic E-state index is 0. The zero-order valence-corrected chi connectivity index (χ0v) is 11.7. The van der Waals surface area contributed by atoms with E-state index in [-0.39, 0.29) is 44.4 Å². The van der Waals surface area contributed by atoms with Crippen LogP contribution in [-0.2, 0) is 14.3 Å². The van der Waals surface area contributed by atoms with Gasteiger partial charge in [-0.25, -0.2) is 4.79 Å². The second kappa shape index (κ2) is 11.3. The summed E-state index contributed by atoms with van der Waals surface area (Å²) in [4.78, 5) is 23.5. The lowest BCUT2D eigenvalue weighted by Crippen LogP contribution is -2.40. The van der Waals surface area contributed by atoms with Crippen molar-refractivity contribution in [3.63, 3.8) is 0 Å². The Hall–Kier alpha value is -1.76. The van der Waals surface area contributed by atoms with Gasteiger partial charge in [0.2, 0.25) is 5.91 Å². The molecule has 0 saturated carbocycles. The van der Waals surface area contributed by atoms with Gasteiger partial charge in [0, 0.05) is 13.0 Å². The van der Waals surface area contributed by atoms with Crippen LogP contribution in [-0.4, -0.2) is 49.1 Å². The molecule has 8 heteroatoms. The molecule has 0 aromatic rings. The average Bonchev–Trinajstić information content (AvgIpc) is 2.31. The summed E-state index contributed by atoms with van der Waals surface area (Å²) in [6.45, 7) is 5.49. The second-order valence-corrected chi connectivity index (χ2v) is 3.36. The van der Waals surface area contributed by atoms with Gasteiger partial charge in [0.1, 0.15) is 13.2 Å². The van der Waals surface area contributed by atoms with Crippen molar-refractivity contribution in [2.75, 3.05) is 26.3 Å². The molecule has 7 nitrogen and oxygen atoms in total. The number of rotatable bonds is 8. The van der Waals surface area contributed by atoms with Gasteiger partial charge in [-0.2, -0.15) is 0 Å². The highest BCUT2D eigenvalue weighted by Gasteiger charge is 2.17. The lowest BCUT2D eigenvalue weighted by Gasteiger charge is -2.20. The van der Waals surface area contributed by atoms with Crippen LogP contribution in [0.4, 0.5) is 4.79 Å². The van der Waals surface area contributed by atoms with Gasteiger partial charge in [-0.3, -0.25) is 15.1 Å². The van der Waals surface area contributed by atoms with Gasteiger partial charge >= 0.3 is 6.09 Å². The summed E-state index contributed by atoms with van der Waals surface area (Å²) in [5, 5.41) is 7.41. The van der Waals surface area contributed by atoms with Crippen molar-refractivity contribution in [2.45, 2.75) is 13.3 Å². The number of nitrogens with zero attached hydrogens (tertiary/aromatic N) is 1. The number of nitrogens with one attached hydrogen (secondary N) is 1. The van der Waals surface area contributed by atoms with E-state index in [9.17, 15) is 9.59 Å². The fourth-order valence-corrected chi connectivity index (χ4v) is 1.13. The molecular formula is C11H20ClN3O4. The van der Waals surface area contributed by atoms with E-state index in [0.717, 1.165) is 4.90 Å². The van der Waals surface area contributed by atoms with Crippen molar-refractivity contribution in [3.05, 3.63) is 12.7 Å². The van der Waals surface area contributed by atoms with Crippen molar-refractivity contribution in [1.29, 1.82) is 5.41 Å². The van der Waals surface area contributed by atoms with Crippen LogP contribution in [0.5, 0.6) is 0 Å². The summed E-state index contributed by atoms with van der Waals surface area (Å²) in [5.41, 5.74) is 5.03. The maximum absolute atomic E-state index is 11.5. The van der Waals surface area contributed by atoms with E-state index in [2.05, 4.69) is 6.58 Å². The molecule has 3 N–H and O–H groups in total. The van der Waals surface area contributed by atoms with Crippen molar-refractivity contribution >= 4 is 30.3 Å². The fraction of sp³-hybridized carbons (Fsp3) is 0.545. The minimum Gasteiger partial charge on any atom is -0.481 e. The Morgan fingerprint density at radius 2 is 2.05 bits per heavy atom. The summed E-state index contributed by atoms with van der Waals surface area (Å²) < 4.78 is 9.73. The molecule has 0 unspecified atom stereocenters. The number of amides is 2. The zero-order valence-electron chi connectivity index (χ0n) is 10.9. The third kappa shape index (κ3) is 9.90. The lowest BCUT2D eigenvalue weighted by atomic mass is 10.3. The van der Waals surface area contributed by atoms with E-state index in [1.165, 1.54) is 6.08 Å². The van der Waals surface area contributed by atoms with Gasteiger partial charge < -0.3 is 15.2 Å². The maximum atomic E-state index is 11.5. The van der Waals surface area contributed by atoms with Crippen LogP contribution < -0.4 is 5.73 Å². The molecule has 19 heavy (non-hydrogen) atoms. The predicted molar refractivity (Wildman–Crippen MR) is 73.5 cm³/mol. The number of carbonyl (C=O) groups is 2. The number of nitrogens with two attached hydrogens (primary N) is 1. The number of carbonyl (C=O) groups excluding carboxylic acids is 2. The van der Waals surface area contributed by atoms with Gasteiger partial charge in [-0.15, -0.1) is 12.4 Å². The Balaban J connectivity index is 0. The Morgan fingerprint density at radius 3 is 2.53 bits per heavy atom. The molecule has 0 aliphatic heterocycles. The first-order valence-corrected chi connectivity index (χ1v) is 5.52. The monoisotopic (exact) mass is 293 g/mol. The lowest BCUT2D eigenvalue weighted by molar-refractivity contribution is -0.118. The molecule has 0 bridgehead atoms. The van der Waals surface area contributed by atoms with Crippen molar-refractivity contribution in [1.82, 2.24) is 4.90 Å². The molecule has 0 aromatic carbocycles. The quantitative estimate of drug-likeness (QED) is 0.394. The Labute approximate surface area is 118 Å². The minimum atomic E-state index is -0.669. The van der Waals surface area contributed by atoms with E-state index in [4.69, 9.17) is 20.6 Å². The van der Waals surface area contributed by atoms with Crippen molar-refractivity contribution < 1.29 is 19.1 Å². The molecule has 0 radical (unpaired) electrons. The normalized spacial score (nSPS) is 8.89. The molecular weight excluding hydrogens is 274 g/mol. The van der Waals surface area contributed by atoms with E-state index >= 15 is 0 Å². The van der Waals surface area contributed by atoms with Crippen LogP contribution >= 0.6 is 12.4 Å². The molecule has 2 amide bonds. The molecule has 0 rings (SSSR count). The largest absolute Gasteiger partial charge is 0.481 e. The fourth-order valence-electron chi connectivity index (χ4n) is 1.13. The van der Waals surface area contributed by atoms with Crippen LogP contribution in [0.2, 0.25) is 0 Å². The first kappa shape index (κ1) is 19.6. The molecule has 0 heterocycles. The molecule has 0 atom stereocenters. The maximum Gasteiger partial charge on any atom is 0.410 e. The first-order chi connectivity index (χ1) is 8.51. The number of hydrogen-bond acceptors (Lipinski definition) is 5. The van der Waals surface area contributed by atoms with Crippen LogP contribution in [0, 0.1) is 5.41 Å². The molecule has 0 fully saturated rings. The van der Waals surface area contributed by atoms with Gasteiger partial charge in [-0.05, 0) is 6.92 Å². The van der Waals surface area contributed by atoms with Crippen molar-refractivity contribution in [2.24, 2.45) is 5.73 Å². The van der Waals surface area contributed by atoms with E-state index in [1.807, 2.05) is 0 Å². The number of halogens is 1. The highest BCUT2D eigenvalue weighted by molar-refractivity contribution is 5.85. The SMILES string of the molecule is C=CCOC(=O)N(CCC(=N)OCC)CC(N)=O.Cl. The molecule has 0 aliphatic rings. The van der Waals surface area contributed by atoms with Crippen molar-refractivity contribution in [3.8, 4) is 0 Å². The van der Waals surface area contributed by atoms with Crippen LogP contribution in [0.25, 0.3) is 0 Å². The molecule has 0 aliphatic carbocycles. The summed E-state index contributed by atoms with van der Waals surface area (Å²) in [7, 11) is 0. The molecule has 0 saturated heterocycles. The van der Waals surface area contributed by atoms with Gasteiger partial charge in [0.15, 0.2) is 5.90 Å². The Kier molecular flexibility index (Phi) is 11.7. The second-order valence-electron chi connectivity index (χ2n) is 3.36. The number of ether oxygens (including phenoxy) is 2. The van der Waals surface area contributed by atoms with Gasteiger partial charge in [0.05, 0.1) is 6.61 Å². The molecule has 0 spiro atoms. The highest BCUT2D eigenvalue weighted by atomic mass is 35.5. The average molecular weight is 294 g/mol. The summed E-state index contributed by atoms with van der Waals surface area (Å²) in [6.07, 6.45) is 0.949. The Morgan fingerprint density at radius 1 is 1.42 bits per heavy atom. The number of primary amides is 1. The summed E-state index contributed by atoms with van der Waals surface area (Å²) in [5.74, 6) is -0.600. The van der Waals surface area contributed by atoms with Gasteiger partial charge in [0.25, 0.3) is 0 Å². The third-order valence-electron chi connectivity index (χ3n) is 1.86. The van der Waals surface area contributed by atoms with Crippen LogP contribution in [0.15, 0.2) is 12.7 Å². The summed E-state index contributed by atoms with van der Waals surface area (Å²) in [6, 6.07) is 0. The Bertz CT molecular complexity index is 323. The standard InChI is InChI=1S/C11H19N3O4.ClH/c1-3-7-18-11(16)14(8-9(12)15)6-5-10(13)17-4-2;/h3,13H,1,4-8H2,2H3,(H2,12,15);1H. The van der Waals surface area contributed by atoms with Crippen LogP contribution in [0.3, 0.4) is 0 Å². The zero-order chi connectivity index (χ0) is 14.0. The smallest absolute Gasteiger partial charge is 0.410 e. The van der Waals surface area contributed by atoms with E-state index in [0.29, 0.717) is 6.61 Å². The molecule has 110 valence electrons. The topological polar surface area (TPSA) is 106 Å². The van der Waals surface area contributed by atoms with Crippen LogP contribution in [0.1, 0.15) is 13.3 Å². The number of hydrogen-bond donors (Lipinski definition) is 2. The third-order valence-corrected chi connectivity index (χ3v) is 1.86. The highest BCUT2D eigenvalue weighted by Crippen LogP contribution is 1.98. The van der Waals surface area contributed by atoms with E-state index < -0.39 is 12.0 Å². The molecule has 0 aromatic heterocycles. The first-order valence-electron chi connectivity index (χ1n) is 5.52. The predicted octanol–water partition coefficient (Wildman–Crippen LogP) is 0.922. The summed E-state index contributed by atoms with van der Waals surface area (Å²) >= 11 is 0. The van der Waals surface area contributed by atoms with Gasteiger partial charge in [-0.1, -0.05) is 12.7 Å². The van der Waals surface area contributed by atoms with E-state index in [1.54, 1.807) is 6.92 Å².